The van der Waals surface area contributed by atoms with E-state index in [2.05, 4.69) is 9.72 Å². The molecule has 0 aliphatic rings. The van der Waals surface area contributed by atoms with Gasteiger partial charge in [-0.2, -0.15) is 0 Å². The number of ether oxygens (including phenoxy) is 1. The molecule has 0 aliphatic carbocycles. The summed E-state index contributed by atoms with van der Waals surface area (Å²) in [5.41, 5.74) is 0.232. The Morgan fingerprint density at radius 2 is 2.45 bits per heavy atom. The van der Waals surface area contributed by atoms with E-state index in [1.165, 1.54) is 18.5 Å². The van der Waals surface area contributed by atoms with Gasteiger partial charge in [0.1, 0.15) is 0 Å². The largest absolute Gasteiger partial charge is 0.425 e. The van der Waals surface area contributed by atoms with Crippen molar-refractivity contribution in [1.29, 1.82) is 0 Å². The summed E-state index contributed by atoms with van der Waals surface area (Å²) in [6.45, 7) is 1.04. The normalized spacial score (nSPS) is 8.73. The molecule has 0 atom stereocenters. The minimum atomic E-state index is -0.743. The molecule has 1 radical (unpaired) electrons. The molecule has 11 heavy (non-hydrogen) atoms. The highest BCUT2D eigenvalue weighted by Crippen LogP contribution is 1.96. The molecule has 0 fully saturated rings. The van der Waals surface area contributed by atoms with E-state index in [9.17, 15) is 9.59 Å². The van der Waals surface area contributed by atoms with Crippen molar-refractivity contribution in [3.8, 4) is 0 Å². The maximum absolute atomic E-state index is 10.7. The number of esters is 1. The van der Waals surface area contributed by atoms with Crippen LogP contribution in [0.1, 0.15) is 10.4 Å². The van der Waals surface area contributed by atoms with Gasteiger partial charge < -0.3 is 4.74 Å². The lowest BCUT2D eigenvalue weighted by atomic mass is 10.3. The second-order valence-electron chi connectivity index (χ2n) is 1.71. The highest BCUT2D eigenvalue weighted by Gasteiger charge is 2.04. The number of pyridine rings is 1. The van der Waals surface area contributed by atoms with Crippen molar-refractivity contribution in [3.63, 3.8) is 0 Å². The van der Waals surface area contributed by atoms with Crippen molar-refractivity contribution in [3.05, 3.63) is 30.1 Å². The van der Waals surface area contributed by atoms with E-state index in [1.807, 2.05) is 0 Å². The number of hydrogen-bond acceptors (Lipinski definition) is 4. The van der Waals surface area contributed by atoms with Crippen LogP contribution in [-0.4, -0.2) is 17.4 Å². The Labute approximate surface area is 62.8 Å². The summed E-state index contributed by atoms with van der Waals surface area (Å²) < 4.78 is 3.94. The van der Waals surface area contributed by atoms with Gasteiger partial charge >= 0.3 is 12.4 Å². The lowest BCUT2D eigenvalue weighted by molar-refractivity contribution is 0.0710. The molecule has 1 heterocycles. The van der Waals surface area contributed by atoms with Crippen LogP contribution in [0.3, 0.4) is 0 Å². The van der Waals surface area contributed by atoms with Crippen LogP contribution in [0.25, 0.3) is 0 Å². The van der Waals surface area contributed by atoms with Gasteiger partial charge in [-0.25, -0.2) is 9.59 Å². The number of carbonyl (C=O) groups excluding carboxylic acids is 2. The van der Waals surface area contributed by atoms with Crippen LogP contribution in [0.15, 0.2) is 24.5 Å². The van der Waals surface area contributed by atoms with E-state index in [1.54, 1.807) is 6.07 Å². The van der Waals surface area contributed by atoms with Crippen LogP contribution in [0, 0.1) is 0 Å². The van der Waals surface area contributed by atoms with Crippen LogP contribution in [0.5, 0.6) is 0 Å². The summed E-state index contributed by atoms with van der Waals surface area (Å²) in [4.78, 5) is 24.0. The molecule has 0 bridgehead atoms. The fraction of sp³-hybridized carbons (Fsp3) is 0. The third kappa shape index (κ3) is 1.86. The van der Waals surface area contributed by atoms with Crippen LogP contribution < -0.4 is 0 Å². The maximum Gasteiger partial charge on any atom is 0.425 e. The topological polar surface area (TPSA) is 56.3 Å². The molecular formula is C7H4NO3. The van der Waals surface area contributed by atoms with Crippen LogP contribution in [0.2, 0.25) is 0 Å². The van der Waals surface area contributed by atoms with Gasteiger partial charge in [0.05, 0.1) is 5.56 Å². The molecule has 0 aromatic carbocycles. The Balaban J connectivity index is 2.77. The van der Waals surface area contributed by atoms with Crippen LogP contribution >= 0.6 is 0 Å². The standard InChI is InChI=1S/C7H4NO3/c9-5-11-7(10)6-2-1-3-8-4-6/h1-4H. The highest BCUT2D eigenvalue weighted by molar-refractivity contribution is 5.92. The molecule has 0 spiro atoms. The van der Waals surface area contributed by atoms with Crippen molar-refractivity contribution in [2.45, 2.75) is 0 Å². The van der Waals surface area contributed by atoms with Crippen molar-refractivity contribution < 1.29 is 14.3 Å². The molecule has 0 amide bonds. The number of rotatable bonds is 2. The first kappa shape index (κ1) is 7.40. The molecule has 0 unspecified atom stereocenters. The SMILES string of the molecule is O=[C]OC(=O)c1cccnc1. The zero-order valence-corrected chi connectivity index (χ0v) is 5.48. The van der Waals surface area contributed by atoms with Gasteiger partial charge in [-0.3, -0.25) is 4.98 Å². The molecule has 0 aliphatic heterocycles. The molecule has 0 saturated heterocycles. The van der Waals surface area contributed by atoms with Gasteiger partial charge in [-0.1, -0.05) is 0 Å². The second kappa shape index (κ2) is 3.46. The molecular weight excluding hydrogens is 146 g/mol. The number of carbonyl (C=O) groups is 1. The van der Waals surface area contributed by atoms with Gasteiger partial charge in [-0.05, 0) is 12.1 Å². The monoisotopic (exact) mass is 150 g/mol. The number of hydrogen-bond donors (Lipinski definition) is 0. The summed E-state index contributed by atoms with van der Waals surface area (Å²) in [7, 11) is 0. The Bertz CT molecular complexity index is 258. The van der Waals surface area contributed by atoms with Crippen LogP contribution in [0.4, 0.5) is 0 Å². The van der Waals surface area contributed by atoms with E-state index in [-0.39, 0.29) is 5.56 Å². The first-order valence-corrected chi connectivity index (χ1v) is 2.83. The average Bonchev–Trinajstić information content (AvgIpc) is 2.07. The molecule has 0 saturated carbocycles. The Morgan fingerprint density at radius 1 is 1.64 bits per heavy atom. The zero-order chi connectivity index (χ0) is 8.10. The maximum atomic E-state index is 10.7. The molecule has 55 valence electrons. The predicted octanol–water partition coefficient (Wildman–Crippen LogP) is 0.306. The summed E-state index contributed by atoms with van der Waals surface area (Å²) in [6, 6.07) is 3.06. The highest BCUT2D eigenvalue weighted by atomic mass is 16.6. The first-order chi connectivity index (χ1) is 5.34. The van der Waals surface area contributed by atoms with Gasteiger partial charge in [0, 0.05) is 12.4 Å². The fourth-order valence-electron chi connectivity index (χ4n) is 0.580. The molecule has 0 N–H and O–H groups in total. The molecule has 1 rings (SSSR count). The molecule has 4 nitrogen and oxygen atoms in total. The van der Waals surface area contributed by atoms with Crippen molar-refractivity contribution in [2.75, 3.05) is 0 Å². The quantitative estimate of drug-likeness (QED) is 0.449. The third-order valence-electron chi connectivity index (χ3n) is 1.03. The number of aromatic nitrogens is 1. The Morgan fingerprint density at radius 3 is 3.00 bits per heavy atom. The number of nitrogens with zero attached hydrogens (tertiary/aromatic N) is 1. The van der Waals surface area contributed by atoms with Gasteiger partial charge in [0.25, 0.3) is 0 Å². The lowest BCUT2D eigenvalue weighted by Gasteiger charge is -1.92. The van der Waals surface area contributed by atoms with Crippen molar-refractivity contribution in [1.82, 2.24) is 4.98 Å². The molecule has 1 aromatic rings. The predicted molar refractivity (Wildman–Crippen MR) is 35.3 cm³/mol. The first-order valence-electron chi connectivity index (χ1n) is 2.83. The zero-order valence-electron chi connectivity index (χ0n) is 5.48. The fourth-order valence-corrected chi connectivity index (χ4v) is 0.580. The Hall–Kier alpha value is -1.71. The summed E-state index contributed by atoms with van der Waals surface area (Å²) in [5, 5.41) is 0. The summed E-state index contributed by atoms with van der Waals surface area (Å²) in [5.74, 6) is -0.743. The van der Waals surface area contributed by atoms with Gasteiger partial charge in [-0.15, -0.1) is 0 Å². The van der Waals surface area contributed by atoms with Crippen molar-refractivity contribution >= 4 is 12.4 Å². The van der Waals surface area contributed by atoms with Gasteiger partial charge in [0.15, 0.2) is 0 Å². The smallest absolute Gasteiger partial charge is 0.381 e. The van der Waals surface area contributed by atoms with E-state index in [0.29, 0.717) is 0 Å². The lowest BCUT2D eigenvalue weighted by Crippen LogP contribution is -2.02. The van der Waals surface area contributed by atoms with E-state index < -0.39 is 5.97 Å². The minimum absolute atomic E-state index is 0.232. The third-order valence-corrected chi connectivity index (χ3v) is 1.03. The van der Waals surface area contributed by atoms with E-state index in [0.717, 1.165) is 6.47 Å². The van der Waals surface area contributed by atoms with Crippen molar-refractivity contribution in [2.24, 2.45) is 0 Å². The van der Waals surface area contributed by atoms with Crippen LogP contribution in [-0.2, 0) is 9.53 Å². The van der Waals surface area contributed by atoms with E-state index >= 15 is 0 Å². The minimum Gasteiger partial charge on any atom is -0.381 e. The summed E-state index contributed by atoms with van der Waals surface area (Å²) >= 11 is 0. The molecule has 4 heteroatoms. The van der Waals surface area contributed by atoms with Gasteiger partial charge in [0.2, 0.25) is 0 Å². The average molecular weight is 150 g/mol. The summed E-state index contributed by atoms with van der Waals surface area (Å²) in [6.07, 6.45) is 2.82. The second-order valence-corrected chi connectivity index (χ2v) is 1.71. The Kier molecular flexibility index (Phi) is 2.32. The van der Waals surface area contributed by atoms with E-state index in [4.69, 9.17) is 0 Å². The molecule has 1 aromatic heterocycles.